The van der Waals surface area contributed by atoms with Gasteiger partial charge in [-0.05, 0) is 60.4 Å². The summed E-state index contributed by atoms with van der Waals surface area (Å²) in [5.41, 5.74) is 5.77. The molecule has 0 aliphatic heterocycles. The lowest BCUT2D eigenvalue weighted by Crippen LogP contribution is -2.20. The third-order valence-electron chi connectivity index (χ3n) is 6.87. The molecule has 2 nitrogen and oxygen atoms in total. The average Bonchev–Trinajstić information content (AvgIpc) is 2.86. The summed E-state index contributed by atoms with van der Waals surface area (Å²) in [6.07, 6.45) is 8.88. The van der Waals surface area contributed by atoms with Gasteiger partial charge < -0.3 is 4.74 Å². The summed E-state index contributed by atoms with van der Waals surface area (Å²) < 4.78 is 6.63. The second kappa shape index (κ2) is 11.3. The molecule has 2 heteroatoms. The molecule has 0 heterocycles. The van der Waals surface area contributed by atoms with Crippen molar-refractivity contribution in [3.8, 4) is 28.0 Å². The molecule has 0 spiro atoms. The Bertz CT molecular complexity index is 1030. The van der Waals surface area contributed by atoms with Crippen molar-refractivity contribution in [2.45, 2.75) is 59.0 Å². The zero-order valence-electron chi connectivity index (χ0n) is 20.3. The third kappa shape index (κ3) is 6.13. The van der Waals surface area contributed by atoms with E-state index in [4.69, 9.17) is 9.73 Å². The molecule has 4 rings (SSSR count). The summed E-state index contributed by atoms with van der Waals surface area (Å²) in [7, 11) is 0. The molecule has 0 N–H and O–H groups in total. The highest BCUT2D eigenvalue weighted by atomic mass is 16.5. The Morgan fingerprint density at radius 1 is 0.818 bits per heavy atom. The highest BCUT2D eigenvalue weighted by molar-refractivity contribution is 5.92. The number of hydrogen-bond donors (Lipinski definition) is 0. The maximum atomic E-state index is 6.63. The standard InChI is InChI=1S/C31H37NO/c1-23(2)24(3)33-31-29(22-32-21-25-13-7-4-8-14-25)19-28(26-15-9-5-10-16-26)20-30(31)27-17-11-6-12-18-27/h5-6,9-12,15-20,22-25H,4,7-8,13-14,21H2,1-3H3/b32-22+. The van der Waals surface area contributed by atoms with Gasteiger partial charge in [0.25, 0.3) is 0 Å². The van der Waals surface area contributed by atoms with E-state index in [2.05, 4.69) is 99.8 Å². The zero-order valence-corrected chi connectivity index (χ0v) is 20.3. The maximum Gasteiger partial charge on any atom is 0.136 e. The van der Waals surface area contributed by atoms with Crippen molar-refractivity contribution in [1.82, 2.24) is 0 Å². The largest absolute Gasteiger partial charge is 0.489 e. The minimum absolute atomic E-state index is 0.112. The molecule has 172 valence electrons. The van der Waals surface area contributed by atoms with Crippen LogP contribution in [0.4, 0.5) is 0 Å². The van der Waals surface area contributed by atoms with E-state index in [0.717, 1.165) is 29.3 Å². The molecule has 3 aromatic rings. The van der Waals surface area contributed by atoms with Gasteiger partial charge in [-0.3, -0.25) is 4.99 Å². The molecule has 0 saturated heterocycles. The molecular formula is C31H37NO. The fourth-order valence-electron chi connectivity index (χ4n) is 4.50. The predicted octanol–water partition coefficient (Wildman–Crippen LogP) is 8.44. The van der Waals surface area contributed by atoms with Crippen LogP contribution in [-0.2, 0) is 0 Å². The molecule has 0 bridgehead atoms. The molecule has 0 aromatic heterocycles. The molecular weight excluding hydrogens is 402 g/mol. The first-order valence-corrected chi connectivity index (χ1v) is 12.6. The molecule has 33 heavy (non-hydrogen) atoms. The normalized spacial score (nSPS) is 15.8. The highest BCUT2D eigenvalue weighted by Gasteiger charge is 2.19. The van der Waals surface area contributed by atoms with Crippen molar-refractivity contribution in [3.63, 3.8) is 0 Å². The lowest BCUT2D eigenvalue weighted by Gasteiger charge is -2.23. The Hall–Kier alpha value is -2.87. The summed E-state index contributed by atoms with van der Waals surface area (Å²) >= 11 is 0. The third-order valence-corrected chi connectivity index (χ3v) is 6.87. The first-order valence-electron chi connectivity index (χ1n) is 12.6. The minimum Gasteiger partial charge on any atom is -0.489 e. The number of ether oxygens (including phenoxy) is 1. The average molecular weight is 440 g/mol. The van der Waals surface area contributed by atoms with Gasteiger partial charge in [-0.1, -0.05) is 93.8 Å². The van der Waals surface area contributed by atoms with Crippen LogP contribution in [0.5, 0.6) is 5.75 Å². The molecule has 3 aromatic carbocycles. The van der Waals surface area contributed by atoms with Crippen molar-refractivity contribution in [2.75, 3.05) is 6.54 Å². The molecule has 1 aliphatic carbocycles. The fraction of sp³-hybridized carbons (Fsp3) is 0.387. The SMILES string of the molecule is CC(C)C(C)Oc1c(/C=N/CC2CCCCC2)cc(-c2ccccc2)cc1-c1ccccc1. The Balaban J connectivity index is 1.79. The van der Waals surface area contributed by atoms with Gasteiger partial charge in [0.15, 0.2) is 0 Å². The van der Waals surface area contributed by atoms with Crippen molar-refractivity contribution in [1.29, 1.82) is 0 Å². The van der Waals surface area contributed by atoms with E-state index >= 15 is 0 Å². The summed E-state index contributed by atoms with van der Waals surface area (Å²) in [5.74, 6) is 2.09. The van der Waals surface area contributed by atoms with E-state index in [9.17, 15) is 0 Å². The smallest absolute Gasteiger partial charge is 0.136 e. The van der Waals surface area contributed by atoms with Crippen LogP contribution < -0.4 is 4.74 Å². The van der Waals surface area contributed by atoms with E-state index in [-0.39, 0.29) is 6.10 Å². The quantitative estimate of drug-likeness (QED) is 0.323. The predicted molar refractivity (Wildman–Crippen MR) is 141 cm³/mol. The minimum atomic E-state index is 0.112. The Morgan fingerprint density at radius 2 is 1.45 bits per heavy atom. The number of rotatable bonds is 8. The number of nitrogens with zero attached hydrogens (tertiary/aromatic N) is 1. The van der Waals surface area contributed by atoms with E-state index in [0.29, 0.717) is 5.92 Å². The van der Waals surface area contributed by atoms with Gasteiger partial charge in [-0.15, -0.1) is 0 Å². The van der Waals surface area contributed by atoms with Crippen molar-refractivity contribution in [3.05, 3.63) is 78.4 Å². The summed E-state index contributed by atoms with van der Waals surface area (Å²) in [6, 6.07) is 25.7. The molecule has 1 fully saturated rings. The van der Waals surface area contributed by atoms with Gasteiger partial charge in [0.1, 0.15) is 5.75 Å². The summed E-state index contributed by atoms with van der Waals surface area (Å²) in [5, 5.41) is 0. The zero-order chi connectivity index (χ0) is 23.0. The first-order chi connectivity index (χ1) is 16.1. The molecule has 0 amide bonds. The summed E-state index contributed by atoms with van der Waals surface area (Å²) in [4.78, 5) is 4.94. The van der Waals surface area contributed by atoms with Crippen LogP contribution in [0, 0.1) is 11.8 Å². The van der Waals surface area contributed by atoms with Crippen molar-refractivity contribution < 1.29 is 4.74 Å². The number of hydrogen-bond acceptors (Lipinski definition) is 2. The van der Waals surface area contributed by atoms with Gasteiger partial charge in [-0.25, -0.2) is 0 Å². The van der Waals surface area contributed by atoms with Crippen LogP contribution in [0.25, 0.3) is 22.3 Å². The molecule has 1 unspecified atom stereocenters. The van der Waals surface area contributed by atoms with Gasteiger partial charge in [0.05, 0.1) is 6.10 Å². The molecule has 1 aliphatic rings. The topological polar surface area (TPSA) is 21.6 Å². The van der Waals surface area contributed by atoms with Crippen LogP contribution >= 0.6 is 0 Å². The molecule has 0 radical (unpaired) electrons. The van der Waals surface area contributed by atoms with Crippen LogP contribution in [0.15, 0.2) is 77.8 Å². The fourth-order valence-corrected chi connectivity index (χ4v) is 4.50. The number of benzene rings is 3. The Kier molecular flexibility index (Phi) is 7.99. The lowest BCUT2D eigenvalue weighted by atomic mass is 9.89. The second-order valence-corrected chi connectivity index (χ2v) is 9.74. The first kappa shape index (κ1) is 23.3. The molecule has 1 atom stereocenters. The van der Waals surface area contributed by atoms with Crippen molar-refractivity contribution in [2.24, 2.45) is 16.8 Å². The molecule has 1 saturated carbocycles. The van der Waals surface area contributed by atoms with Gasteiger partial charge in [-0.2, -0.15) is 0 Å². The van der Waals surface area contributed by atoms with Crippen LogP contribution in [0.1, 0.15) is 58.4 Å². The van der Waals surface area contributed by atoms with E-state index in [1.54, 1.807) is 0 Å². The summed E-state index contributed by atoms with van der Waals surface area (Å²) in [6.45, 7) is 7.49. The lowest BCUT2D eigenvalue weighted by molar-refractivity contribution is 0.171. The Labute approximate surface area is 199 Å². The van der Waals surface area contributed by atoms with Gasteiger partial charge in [0.2, 0.25) is 0 Å². The second-order valence-electron chi connectivity index (χ2n) is 9.74. The Morgan fingerprint density at radius 3 is 2.09 bits per heavy atom. The van der Waals surface area contributed by atoms with E-state index in [1.165, 1.54) is 48.8 Å². The monoisotopic (exact) mass is 439 g/mol. The highest BCUT2D eigenvalue weighted by Crippen LogP contribution is 2.38. The van der Waals surface area contributed by atoms with E-state index < -0.39 is 0 Å². The van der Waals surface area contributed by atoms with Crippen molar-refractivity contribution >= 4 is 6.21 Å². The van der Waals surface area contributed by atoms with Crippen LogP contribution in [0.3, 0.4) is 0 Å². The van der Waals surface area contributed by atoms with Gasteiger partial charge in [0, 0.05) is 23.9 Å². The van der Waals surface area contributed by atoms with Crippen LogP contribution in [0.2, 0.25) is 0 Å². The van der Waals surface area contributed by atoms with Gasteiger partial charge >= 0.3 is 0 Å². The van der Waals surface area contributed by atoms with E-state index in [1.807, 2.05) is 0 Å². The van der Waals surface area contributed by atoms with Crippen LogP contribution in [-0.4, -0.2) is 18.9 Å². The number of aliphatic imine (C=N–C) groups is 1. The maximum absolute atomic E-state index is 6.63.